The lowest BCUT2D eigenvalue weighted by Gasteiger charge is -2.35. The summed E-state index contributed by atoms with van der Waals surface area (Å²) in [5.41, 5.74) is 6.36. The first kappa shape index (κ1) is 18.0. The average Bonchev–Trinajstić information content (AvgIpc) is 3.21. The number of amides is 1. The van der Waals surface area contributed by atoms with Crippen LogP contribution >= 0.6 is 0 Å². The van der Waals surface area contributed by atoms with Crippen LogP contribution in [0.4, 0.5) is 0 Å². The normalized spacial score (nSPS) is 27.2. The summed E-state index contributed by atoms with van der Waals surface area (Å²) in [5, 5.41) is 0. The summed E-state index contributed by atoms with van der Waals surface area (Å²) < 4.78 is 16.6. The summed E-state index contributed by atoms with van der Waals surface area (Å²) in [4.78, 5) is 17.3. The minimum absolute atomic E-state index is 0.0931. The molecule has 2 N–H and O–H groups in total. The van der Waals surface area contributed by atoms with Gasteiger partial charge in [0.1, 0.15) is 18.4 Å². The predicted octanol–water partition coefficient (Wildman–Crippen LogP) is 0.583. The molecular weight excluding hydrogens is 360 g/mol. The molecule has 1 aliphatic carbocycles. The second-order valence-corrected chi connectivity index (χ2v) is 8.17. The summed E-state index contributed by atoms with van der Waals surface area (Å²) in [6, 6.07) is 5.48. The number of nitrogens with one attached hydrogen (secondary N) is 2. The molecule has 1 saturated carbocycles. The maximum atomic E-state index is 12.8. The number of carbonyl (C=O) groups is 1. The van der Waals surface area contributed by atoms with Crippen molar-refractivity contribution in [1.82, 2.24) is 20.7 Å². The smallest absolute Gasteiger partial charge is 0.241 e. The number of rotatable bonds is 6. The molecule has 4 aliphatic rings. The lowest BCUT2D eigenvalue weighted by molar-refractivity contribution is -0.135. The van der Waals surface area contributed by atoms with E-state index >= 15 is 0 Å². The Kier molecular flexibility index (Phi) is 5.00. The minimum atomic E-state index is -0.180. The van der Waals surface area contributed by atoms with Crippen molar-refractivity contribution in [2.45, 2.75) is 31.3 Å². The molecule has 3 fully saturated rings. The van der Waals surface area contributed by atoms with Crippen molar-refractivity contribution in [2.75, 3.05) is 46.1 Å². The Balaban J connectivity index is 1.06. The second-order valence-electron chi connectivity index (χ2n) is 8.17. The largest absolute Gasteiger partial charge is 0.492 e. The van der Waals surface area contributed by atoms with Gasteiger partial charge in [0.2, 0.25) is 12.7 Å². The number of piperazine rings is 1. The number of carbonyl (C=O) groups excluding carboxylic acids is 1. The van der Waals surface area contributed by atoms with Crippen molar-refractivity contribution in [3.8, 4) is 17.2 Å². The Hall–Kier alpha value is -2.03. The number of hydrogen-bond acceptors (Lipinski definition) is 7. The van der Waals surface area contributed by atoms with Crippen LogP contribution in [0.5, 0.6) is 17.2 Å². The molecule has 8 heteroatoms. The molecule has 0 bridgehead atoms. The van der Waals surface area contributed by atoms with Gasteiger partial charge in [-0.05, 0) is 37.3 Å². The molecule has 1 aromatic rings. The first-order valence-corrected chi connectivity index (χ1v) is 10.3. The number of benzene rings is 1. The average molecular weight is 388 g/mol. The third-order valence-electron chi connectivity index (χ3n) is 5.97. The van der Waals surface area contributed by atoms with Crippen LogP contribution in [0.25, 0.3) is 0 Å². The first-order valence-electron chi connectivity index (χ1n) is 10.3. The van der Waals surface area contributed by atoms with Gasteiger partial charge >= 0.3 is 0 Å². The highest BCUT2D eigenvalue weighted by Gasteiger charge is 2.34. The van der Waals surface area contributed by atoms with Crippen molar-refractivity contribution in [1.29, 1.82) is 0 Å². The highest BCUT2D eigenvalue weighted by molar-refractivity contribution is 5.82. The fourth-order valence-corrected chi connectivity index (χ4v) is 4.09. The third kappa shape index (κ3) is 4.04. The van der Waals surface area contributed by atoms with Crippen LogP contribution in [0.1, 0.15) is 19.3 Å². The lowest BCUT2D eigenvalue weighted by atomic mass is 10.1. The van der Waals surface area contributed by atoms with Crippen LogP contribution in [-0.4, -0.2) is 73.9 Å². The van der Waals surface area contributed by atoms with Crippen LogP contribution in [0.3, 0.4) is 0 Å². The molecule has 5 rings (SSSR count). The van der Waals surface area contributed by atoms with Crippen LogP contribution in [0.15, 0.2) is 18.2 Å². The molecule has 1 aromatic carbocycles. The monoisotopic (exact) mass is 388 g/mol. The van der Waals surface area contributed by atoms with Gasteiger partial charge in [-0.3, -0.25) is 15.1 Å². The van der Waals surface area contributed by atoms with E-state index in [-0.39, 0.29) is 24.8 Å². The molecule has 2 saturated heterocycles. The molecule has 3 aliphatic heterocycles. The number of nitrogens with zero attached hydrogens (tertiary/aromatic N) is 2. The van der Waals surface area contributed by atoms with E-state index in [1.165, 1.54) is 19.4 Å². The summed E-state index contributed by atoms with van der Waals surface area (Å²) in [7, 11) is 0. The van der Waals surface area contributed by atoms with Crippen molar-refractivity contribution < 1.29 is 19.0 Å². The van der Waals surface area contributed by atoms with Gasteiger partial charge in [-0.15, -0.1) is 0 Å². The topological polar surface area (TPSA) is 75.3 Å². The Bertz CT molecular complexity index is 718. The van der Waals surface area contributed by atoms with Gasteiger partial charge in [0.05, 0.1) is 6.04 Å². The Morgan fingerprint density at radius 2 is 1.93 bits per heavy atom. The zero-order valence-corrected chi connectivity index (χ0v) is 16.1. The van der Waals surface area contributed by atoms with E-state index in [1.807, 2.05) is 23.1 Å². The Labute approximate surface area is 165 Å². The van der Waals surface area contributed by atoms with Gasteiger partial charge < -0.3 is 19.1 Å². The molecule has 2 atom stereocenters. The van der Waals surface area contributed by atoms with E-state index in [2.05, 4.69) is 15.8 Å². The highest BCUT2D eigenvalue weighted by Crippen LogP contribution is 2.35. The minimum Gasteiger partial charge on any atom is -0.492 e. The maximum absolute atomic E-state index is 12.8. The van der Waals surface area contributed by atoms with E-state index in [0.29, 0.717) is 12.4 Å². The highest BCUT2D eigenvalue weighted by atomic mass is 16.7. The number of fused-ring (bicyclic) bond motifs is 1. The van der Waals surface area contributed by atoms with Gasteiger partial charge in [-0.1, -0.05) is 0 Å². The van der Waals surface area contributed by atoms with Crippen LogP contribution < -0.4 is 25.1 Å². The molecular formula is C20H28N4O4. The van der Waals surface area contributed by atoms with E-state index in [9.17, 15) is 4.79 Å². The van der Waals surface area contributed by atoms with Crippen LogP contribution in [0.2, 0.25) is 0 Å². The maximum Gasteiger partial charge on any atom is 0.241 e. The summed E-state index contributed by atoms with van der Waals surface area (Å²) >= 11 is 0. The molecule has 0 aromatic heterocycles. The molecule has 0 spiro atoms. The molecule has 1 amide bonds. The van der Waals surface area contributed by atoms with Gasteiger partial charge in [0.15, 0.2) is 11.5 Å². The van der Waals surface area contributed by atoms with Gasteiger partial charge in [0, 0.05) is 38.8 Å². The molecule has 2 unspecified atom stereocenters. The number of hydrazine groups is 1. The van der Waals surface area contributed by atoms with Crippen LogP contribution in [0, 0.1) is 5.92 Å². The fourth-order valence-electron chi connectivity index (χ4n) is 4.09. The van der Waals surface area contributed by atoms with Crippen LogP contribution in [-0.2, 0) is 4.79 Å². The first-order chi connectivity index (χ1) is 13.7. The van der Waals surface area contributed by atoms with E-state index in [0.717, 1.165) is 50.0 Å². The summed E-state index contributed by atoms with van der Waals surface area (Å²) in [6.45, 7) is 5.63. The van der Waals surface area contributed by atoms with Crippen molar-refractivity contribution >= 4 is 5.91 Å². The SMILES string of the molecule is O=C(C1CC(COc2ccc3c(c2)OCO3)NN1)N1CCN(CC2CC2)CC1. The number of ether oxygens (including phenoxy) is 3. The zero-order valence-electron chi connectivity index (χ0n) is 16.1. The van der Waals surface area contributed by atoms with Crippen molar-refractivity contribution in [2.24, 2.45) is 5.92 Å². The van der Waals surface area contributed by atoms with E-state index in [1.54, 1.807) is 0 Å². The molecule has 152 valence electrons. The summed E-state index contributed by atoms with van der Waals surface area (Å²) in [6.07, 6.45) is 3.49. The summed E-state index contributed by atoms with van der Waals surface area (Å²) in [5.74, 6) is 3.31. The molecule has 3 heterocycles. The standard InChI is InChI=1S/C20H28N4O4/c25-20(24-7-5-23(6-8-24)11-14-1-2-14)17-9-15(21-22-17)12-26-16-3-4-18-19(10-16)28-13-27-18/h3-4,10,14-15,17,21-22H,1-2,5-9,11-13H2. The zero-order chi connectivity index (χ0) is 18.9. The van der Waals surface area contributed by atoms with Gasteiger partial charge in [-0.25, -0.2) is 5.43 Å². The van der Waals surface area contributed by atoms with E-state index < -0.39 is 0 Å². The predicted molar refractivity (Wildman–Crippen MR) is 102 cm³/mol. The number of hydrogen-bond donors (Lipinski definition) is 2. The van der Waals surface area contributed by atoms with Gasteiger partial charge in [0.25, 0.3) is 0 Å². The van der Waals surface area contributed by atoms with E-state index in [4.69, 9.17) is 14.2 Å². The molecule has 28 heavy (non-hydrogen) atoms. The van der Waals surface area contributed by atoms with Gasteiger partial charge in [-0.2, -0.15) is 0 Å². The fraction of sp³-hybridized carbons (Fsp3) is 0.650. The second kappa shape index (κ2) is 7.77. The van der Waals surface area contributed by atoms with Crippen molar-refractivity contribution in [3.05, 3.63) is 18.2 Å². The lowest BCUT2D eigenvalue weighted by Crippen LogP contribution is -2.53. The molecule has 0 radical (unpaired) electrons. The third-order valence-corrected chi connectivity index (χ3v) is 5.97. The quantitative estimate of drug-likeness (QED) is 0.739. The van der Waals surface area contributed by atoms with Crippen molar-refractivity contribution in [3.63, 3.8) is 0 Å². The molecule has 8 nitrogen and oxygen atoms in total. The Morgan fingerprint density at radius 3 is 2.75 bits per heavy atom. The Morgan fingerprint density at radius 1 is 1.11 bits per heavy atom.